The van der Waals surface area contributed by atoms with Crippen molar-refractivity contribution in [3.8, 4) is 0 Å². The van der Waals surface area contributed by atoms with Crippen molar-refractivity contribution in [2.24, 2.45) is 0 Å². The van der Waals surface area contributed by atoms with Crippen molar-refractivity contribution in [1.82, 2.24) is 19.8 Å². The van der Waals surface area contributed by atoms with Crippen LogP contribution >= 0.6 is 0 Å². The standard InChI is InChI=1S/C11H20N4O2S/c1-3-12-7-9-8-13-14-11(9)18(16,17)15(2)10-5-4-6-10/h8,10,12H,3-7H2,1-2H3,(H,13,14). The third kappa shape index (κ3) is 2.43. The highest BCUT2D eigenvalue weighted by atomic mass is 32.2. The van der Waals surface area contributed by atoms with Crippen LogP contribution in [0.5, 0.6) is 0 Å². The summed E-state index contributed by atoms with van der Waals surface area (Å²) in [4.78, 5) is 0. The highest BCUT2D eigenvalue weighted by Crippen LogP contribution is 2.28. The molecular weight excluding hydrogens is 252 g/mol. The second-order valence-corrected chi connectivity index (χ2v) is 6.55. The Bertz CT molecular complexity index is 493. The van der Waals surface area contributed by atoms with E-state index in [1.54, 1.807) is 13.2 Å². The van der Waals surface area contributed by atoms with Gasteiger partial charge in [-0.1, -0.05) is 13.3 Å². The predicted molar refractivity (Wildman–Crippen MR) is 68.6 cm³/mol. The number of rotatable bonds is 6. The van der Waals surface area contributed by atoms with Gasteiger partial charge in [-0.15, -0.1) is 0 Å². The molecule has 2 rings (SSSR count). The number of sulfonamides is 1. The molecule has 0 spiro atoms. The molecule has 0 bridgehead atoms. The molecule has 0 atom stereocenters. The summed E-state index contributed by atoms with van der Waals surface area (Å²) in [6.07, 6.45) is 4.58. The molecule has 0 aromatic carbocycles. The van der Waals surface area contributed by atoms with Crippen molar-refractivity contribution in [2.75, 3.05) is 13.6 Å². The van der Waals surface area contributed by atoms with Crippen molar-refractivity contribution in [3.63, 3.8) is 0 Å². The van der Waals surface area contributed by atoms with Gasteiger partial charge in [0.2, 0.25) is 0 Å². The lowest BCUT2D eigenvalue weighted by molar-refractivity contribution is 0.249. The molecule has 0 aliphatic heterocycles. The Morgan fingerprint density at radius 1 is 1.56 bits per heavy atom. The van der Waals surface area contributed by atoms with Crippen LogP contribution in [-0.4, -0.2) is 42.6 Å². The zero-order valence-corrected chi connectivity index (χ0v) is 11.6. The van der Waals surface area contributed by atoms with E-state index < -0.39 is 10.0 Å². The first kappa shape index (κ1) is 13.5. The molecule has 1 aromatic rings. The number of hydrogen-bond acceptors (Lipinski definition) is 4. The van der Waals surface area contributed by atoms with E-state index in [9.17, 15) is 8.42 Å². The number of nitrogens with one attached hydrogen (secondary N) is 2. The van der Waals surface area contributed by atoms with Crippen LogP contribution in [0, 0.1) is 0 Å². The molecule has 7 heteroatoms. The number of H-pyrrole nitrogens is 1. The average molecular weight is 272 g/mol. The molecule has 0 saturated heterocycles. The Kier molecular flexibility index (Phi) is 4.04. The van der Waals surface area contributed by atoms with E-state index in [0.717, 1.165) is 25.8 Å². The molecule has 2 N–H and O–H groups in total. The van der Waals surface area contributed by atoms with Crippen molar-refractivity contribution >= 4 is 10.0 Å². The van der Waals surface area contributed by atoms with Crippen LogP contribution in [0.15, 0.2) is 11.2 Å². The quantitative estimate of drug-likeness (QED) is 0.799. The normalized spacial score (nSPS) is 17.1. The Hall–Kier alpha value is -0.920. The summed E-state index contributed by atoms with van der Waals surface area (Å²) in [5.74, 6) is 0. The van der Waals surface area contributed by atoms with E-state index >= 15 is 0 Å². The maximum atomic E-state index is 12.4. The maximum absolute atomic E-state index is 12.4. The Balaban J connectivity index is 2.20. The molecule has 18 heavy (non-hydrogen) atoms. The first-order valence-corrected chi connectivity index (χ1v) is 7.72. The zero-order valence-electron chi connectivity index (χ0n) is 10.8. The van der Waals surface area contributed by atoms with Gasteiger partial charge in [-0.2, -0.15) is 9.40 Å². The largest absolute Gasteiger partial charge is 0.313 e. The van der Waals surface area contributed by atoms with Crippen molar-refractivity contribution < 1.29 is 8.42 Å². The van der Waals surface area contributed by atoms with E-state index in [2.05, 4.69) is 15.5 Å². The van der Waals surface area contributed by atoms with E-state index in [0.29, 0.717) is 12.1 Å². The van der Waals surface area contributed by atoms with Gasteiger partial charge >= 0.3 is 0 Å². The molecule has 1 heterocycles. The molecule has 1 aliphatic rings. The van der Waals surface area contributed by atoms with Crippen molar-refractivity contribution in [2.45, 2.75) is 43.8 Å². The summed E-state index contributed by atoms with van der Waals surface area (Å²) in [6, 6.07) is 0.144. The zero-order chi connectivity index (χ0) is 13.2. The summed E-state index contributed by atoms with van der Waals surface area (Å²) in [6.45, 7) is 3.29. The predicted octanol–water partition coefficient (Wildman–Crippen LogP) is 0.692. The summed E-state index contributed by atoms with van der Waals surface area (Å²) >= 11 is 0. The topological polar surface area (TPSA) is 78.1 Å². The second-order valence-electron chi connectivity index (χ2n) is 4.61. The fraction of sp³-hybridized carbons (Fsp3) is 0.727. The van der Waals surface area contributed by atoms with E-state index in [-0.39, 0.29) is 11.1 Å². The van der Waals surface area contributed by atoms with Crippen LogP contribution in [0.25, 0.3) is 0 Å². The van der Waals surface area contributed by atoms with E-state index in [1.165, 1.54) is 4.31 Å². The lowest BCUT2D eigenvalue weighted by Gasteiger charge is -2.33. The van der Waals surface area contributed by atoms with Gasteiger partial charge in [0.05, 0.1) is 6.20 Å². The molecule has 1 aromatic heterocycles. The number of hydrogen-bond donors (Lipinski definition) is 2. The van der Waals surface area contributed by atoms with Crippen LogP contribution in [-0.2, 0) is 16.6 Å². The monoisotopic (exact) mass is 272 g/mol. The molecule has 6 nitrogen and oxygen atoms in total. The highest BCUT2D eigenvalue weighted by molar-refractivity contribution is 7.89. The molecule has 0 amide bonds. The van der Waals surface area contributed by atoms with Gasteiger partial charge in [-0.25, -0.2) is 8.42 Å². The van der Waals surface area contributed by atoms with E-state index in [4.69, 9.17) is 0 Å². The molecule has 0 radical (unpaired) electrons. The molecular formula is C11H20N4O2S. The maximum Gasteiger partial charge on any atom is 0.260 e. The minimum Gasteiger partial charge on any atom is -0.313 e. The third-order valence-corrected chi connectivity index (χ3v) is 5.40. The van der Waals surface area contributed by atoms with Crippen LogP contribution in [0.3, 0.4) is 0 Å². The fourth-order valence-electron chi connectivity index (χ4n) is 2.00. The average Bonchev–Trinajstić information content (AvgIpc) is 2.72. The molecule has 1 fully saturated rings. The van der Waals surface area contributed by atoms with Gasteiger partial charge in [0.25, 0.3) is 10.0 Å². The molecule has 102 valence electrons. The molecule has 1 aliphatic carbocycles. The number of aromatic amines is 1. The summed E-state index contributed by atoms with van der Waals surface area (Å²) in [7, 11) is -1.79. The summed E-state index contributed by atoms with van der Waals surface area (Å²) < 4.78 is 26.3. The van der Waals surface area contributed by atoms with Gasteiger partial charge in [0, 0.05) is 25.2 Å². The van der Waals surface area contributed by atoms with Crippen LogP contribution < -0.4 is 5.32 Å². The Labute approximate surface area is 108 Å². The van der Waals surface area contributed by atoms with E-state index in [1.807, 2.05) is 6.92 Å². The van der Waals surface area contributed by atoms with Gasteiger partial charge in [-0.3, -0.25) is 5.10 Å². The van der Waals surface area contributed by atoms with Crippen LogP contribution in [0.1, 0.15) is 31.7 Å². The first-order valence-electron chi connectivity index (χ1n) is 6.28. The second kappa shape index (κ2) is 5.38. The smallest absolute Gasteiger partial charge is 0.260 e. The van der Waals surface area contributed by atoms with Crippen LogP contribution in [0.4, 0.5) is 0 Å². The van der Waals surface area contributed by atoms with Gasteiger partial charge in [0.1, 0.15) is 0 Å². The fourth-order valence-corrected chi connectivity index (χ4v) is 3.51. The van der Waals surface area contributed by atoms with Gasteiger partial charge in [0.15, 0.2) is 5.03 Å². The number of nitrogens with zero attached hydrogens (tertiary/aromatic N) is 2. The SMILES string of the molecule is CCNCc1cn[nH]c1S(=O)(=O)N(C)C1CCC1. The van der Waals surface area contributed by atoms with Gasteiger partial charge in [-0.05, 0) is 19.4 Å². The van der Waals surface area contributed by atoms with Gasteiger partial charge < -0.3 is 5.32 Å². The first-order chi connectivity index (χ1) is 8.57. The third-order valence-electron chi connectivity index (χ3n) is 3.47. The number of aromatic nitrogens is 2. The minimum atomic E-state index is -3.44. The lowest BCUT2D eigenvalue weighted by Crippen LogP contribution is -2.41. The van der Waals surface area contributed by atoms with Crippen molar-refractivity contribution in [3.05, 3.63) is 11.8 Å². The molecule has 0 unspecified atom stereocenters. The Morgan fingerprint density at radius 3 is 2.83 bits per heavy atom. The molecule has 1 saturated carbocycles. The Morgan fingerprint density at radius 2 is 2.28 bits per heavy atom. The van der Waals surface area contributed by atoms with Crippen LogP contribution in [0.2, 0.25) is 0 Å². The summed E-state index contributed by atoms with van der Waals surface area (Å²) in [5, 5.41) is 9.81. The lowest BCUT2D eigenvalue weighted by atomic mass is 9.94. The minimum absolute atomic E-state index is 0.144. The van der Waals surface area contributed by atoms with Crippen molar-refractivity contribution in [1.29, 1.82) is 0 Å². The summed E-state index contributed by atoms with van der Waals surface area (Å²) in [5.41, 5.74) is 0.697. The highest BCUT2D eigenvalue weighted by Gasteiger charge is 2.33.